The maximum Gasteiger partial charge on any atom is 0.0453 e. The van der Waals surface area contributed by atoms with E-state index in [0.717, 1.165) is 0 Å². The van der Waals surface area contributed by atoms with Crippen molar-refractivity contribution in [3.63, 3.8) is 0 Å². The van der Waals surface area contributed by atoms with Crippen LogP contribution in [0.25, 0.3) is 12.2 Å². The highest BCUT2D eigenvalue weighted by Gasteiger charge is 2.50. The molecule has 1 heterocycles. The number of hydrogen-bond donors (Lipinski definition) is 0. The molecule has 0 bridgehead atoms. The number of benzene rings is 3. The van der Waals surface area contributed by atoms with E-state index in [1.165, 1.54) is 47.3 Å². The van der Waals surface area contributed by atoms with Crippen molar-refractivity contribution < 1.29 is 0 Å². The van der Waals surface area contributed by atoms with Gasteiger partial charge in [-0.2, -0.15) is 0 Å². The minimum atomic E-state index is 0.252. The highest BCUT2D eigenvalue weighted by Crippen LogP contribution is 2.56. The van der Waals surface area contributed by atoms with Gasteiger partial charge in [-0.15, -0.1) is 0 Å². The van der Waals surface area contributed by atoms with Crippen molar-refractivity contribution in [3.05, 3.63) is 95.6 Å². The van der Waals surface area contributed by atoms with E-state index in [9.17, 15) is 0 Å². The van der Waals surface area contributed by atoms with Gasteiger partial charge < -0.3 is 4.90 Å². The highest BCUT2D eigenvalue weighted by molar-refractivity contribution is 5.78. The summed E-state index contributed by atoms with van der Waals surface area (Å²) in [6, 6.07) is 29.0. The van der Waals surface area contributed by atoms with Crippen molar-refractivity contribution in [2.24, 2.45) is 0 Å². The monoisotopic (exact) mass is 351 g/mol. The summed E-state index contributed by atoms with van der Waals surface area (Å²) < 4.78 is 0. The molecule has 2 aliphatic rings. The maximum absolute atomic E-state index is 2.59. The van der Waals surface area contributed by atoms with Crippen LogP contribution in [0.15, 0.2) is 78.9 Å². The summed E-state index contributed by atoms with van der Waals surface area (Å²) in [5, 5.41) is 0. The number of rotatable bonds is 3. The Morgan fingerprint density at radius 2 is 1.56 bits per heavy atom. The second-order valence-corrected chi connectivity index (χ2v) is 8.05. The number of para-hydroxylation sites is 1. The number of hydrogen-bond acceptors (Lipinski definition) is 1. The zero-order chi connectivity index (χ0) is 18.3. The van der Waals surface area contributed by atoms with E-state index in [1.807, 2.05) is 0 Å². The van der Waals surface area contributed by atoms with Crippen LogP contribution >= 0.6 is 0 Å². The molecule has 1 saturated carbocycles. The molecule has 1 heteroatoms. The average molecular weight is 351 g/mol. The zero-order valence-electron chi connectivity index (χ0n) is 15.8. The van der Waals surface area contributed by atoms with Gasteiger partial charge in [0.25, 0.3) is 0 Å². The summed E-state index contributed by atoms with van der Waals surface area (Å²) in [6.45, 7) is 2.47. The molecule has 1 aliphatic heterocycles. The first kappa shape index (κ1) is 16.4. The molecule has 0 saturated heterocycles. The van der Waals surface area contributed by atoms with Gasteiger partial charge in [0.2, 0.25) is 0 Å². The molecule has 0 aromatic heterocycles. The van der Waals surface area contributed by atoms with Crippen LogP contribution in [-0.4, -0.2) is 6.04 Å². The summed E-state index contributed by atoms with van der Waals surface area (Å²) in [7, 11) is 0. The molecule has 0 spiro atoms. The SMILES string of the molecule is CC12CCCC1N(c1ccccc1)c1ccc(C=Cc3ccccc3)cc12. The molecule has 3 aromatic carbocycles. The molecule has 5 rings (SSSR count). The third kappa shape index (κ3) is 2.70. The second-order valence-electron chi connectivity index (χ2n) is 8.05. The number of fused-ring (bicyclic) bond motifs is 3. The Labute approximate surface area is 162 Å². The normalized spacial score (nSPS) is 23.6. The summed E-state index contributed by atoms with van der Waals surface area (Å²) in [4.78, 5) is 2.59. The molecule has 2 atom stereocenters. The molecule has 0 N–H and O–H groups in total. The minimum Gasteiger partial charge on any atom is -0.337 e. The van der Waals surface area contributed by atoms with Gasteiger partial charge in [0.15, 0.2) is 0 Å². The maximum atomic E-state index is 2.59. The number of nitrogens with zero attached hydrogens (tertiary/aromatic N) is 1. The molecule has 1 aliphatic carbocycles. The third-order valence-corrected chi connectivity index (χ3v) is 6.42. The first-order chi connectivity index (χ1) is 13.3. The van der Waals surface area contributed by atoms with E-state index < -0.39 is 0 Å². The first-order valence-electron chi connectivity index (χ1n) is 9.98. The molecular formula is C26H25N. The van der Waals surface area contributed by atoms with Gasteiger partial charge in [-0.1, -0.05) is 80.1 Å². The van der Waals surface area contributed by atoms with Gasteiger partial charge in [-0.3, -0.25) is 0 Å². The van der Waals surface area contributed by atoms with Crippen LogP contribution in [0, 0.1) is 0 Å². The van der Waals surface area contributed by atoms with Crippen LogP contribution in [0.4, 0.5) is 11.4 Å². The van der Waals surface area contributed by atoms with Crippen molar-refractivity contribution >= 4 is 23.5 Å². The van der Waals surface area contributed by atoms with E-state index in [2.05, 4.69) is 103 Å². The zero-order valence-corrected chi connectivity index (χ0v) is 15.8. The predicted molar refractivity (Wildman–Crippen MR) is 115 cm³/mol. The lowest BCUT2D eigenvalue weighted by atomic mass is 9.80. The van der Waals surface area contributed by atoms with Crippen molar-refractivity contribution in [2.75, 3.05) is 4.90 Å². The van der Waals surface area contributed by atoms with E-state index in [-0.39, 0.29) is 5.41 Å². The smallest absolute Gasteiger partial charge is 0.0453 e. The minimum absolute atomic E-state index is 0.252. The lowest BCUT2D eigenvalue weighted by Crippen LogP contribution is -2.36. The average Bonchev–Trinajstić information content (AvgIpc) is 3.21. The molecule has 27 heavy (non-hydrogen) atoms. The van der Waals surface area contributed by atoms with Crippen molar-refractivity contribution in [1.29, 1.82) is 0 Å². The lowest BCUT2D eigenvalue weighted by molar-refractivity contribution is 0.457. The fourth-order valence-electron chi connectivity index (χ4n) is 5.03. The van der Waals surface area contributed by atoms with Crippen LogP contribution in [0.2, 0.25) is 0 Å². The van der Waals surface area contributed by atoms with Gasteiger partial charge >= 0.3 is 0 Å². The van der Waals surface area contributed by atoms with Crippen molar-refractivity contribution in [1.82, 2.24) is 0 Å². The fraction of sp³-hybridized carbons (Fsp3) is 0.231. The predicted octanol–water partition coefficient (Wildman–Crippen LogP) is 6.82. The van der Waals surface area contributed by atoms with Gasteiger partial charge in [-0.25, -0.2) is 0 Å². The molecule has 1 nitrogen and oxygen atoms in total. The first-order valence-corrected chi connectivity index (χ1v) is 9.98. The topological polar surface area (TPSA) is 3.24 Å². The Kier molecular flexibility index (Phi) is 3.89. The molecular weight excluding hydrogens is 326 g/mol. The molecule has 134 valence electrons. The second kappa shape index (κ2) is 6.42. The van der Waals surface area contributed by atoms with Gasteiger partial charge in [0, 0.05) is 22.8 Å². The quantitative estimate of drug-likeness (QED) is 0.468. The van der Waals surface area contributed by atoms with E-state index in [4.69, 9.17) is 0 Å². The summed E-state index contributed by atoms with van der Waals surface area (Å²) >= 11 is 0. The largest absolute Gasteiger partial charge is 0.337 e. The Bertz CT molecular complexity index is 974. The summed E-state index contributed by atoms with van der Waals surface area (Å²) in [6.07, 6.45) is 8.32. The van der Waals surface area contributed by atoms with Crippen molar-refractivity contribution in [3.8, 4) is 0 Å². The van der Waals surface area contributed by atoms with Gasteiger partial charge in [0.05, 0.1) is 0 Å². The Balaban J connectivity index is 1.56. The van der Waals surface area contributed by atoms with Crippen LogP contribution in [0.3, 0.4) is 0 Å². The standard InChI is InChI=1S/C26H25N/c1-26-18-8-13-25(26)27(22-11-6-3-7-12-22)24-17-16-21(19-23(24)26)15-14-20-9-4-2-5-10-20/h2-7,9-12,14-17,19,25H,8,13,18H2,1H3. The van der Waals surface area contributed by atoms with E-state index in [0.29, 0.717) is 6.04 Å². The molecule has 2 unspecified atom stereocenters. The van der Waals surface area contributed by atoms with Crippen LogP contribution in [0.5, 0.6) is 0 Å². The highest BCUT2D eigenvalue weighted by atomic mass is 15.2. The van der Waals surface area contributed by atoms with Crippen molar-refractivity contribution in [2.45, 2.75) is 37.6 Å². The summed E-state index contributed by atoms with van der Waals surface area (Å²) in [5.74, 6) is 0. The van der Waals surface area contributed by atoms with Crippen LogP contribution < -0.4 is 4.90 Å². The molecule has 0 radical (unpaired) electrons. The molecule has 0 amide bonds. The Morgan fingerprint density at radius 1 is 0.852 bits per heavy atom. The lowest BCUT2D eigenvalue weighted by Gasteiger charge is -2.31. The molecule has 1 fully saturated rings. The Morgan fingerprint density at radius 3 is 2.33 bits per heavy atom. The van der Waals surface area contributed by atoms with Crippen LogP contribution in [-0.2, 0) is 5.41 Å². The Hall–Kier alpha value is -2.80. The third-order valence-electron chi connectivity index (χ3n) is 6.42. The van der Waals surface area contributed by atoms with Gasteiger partial charge in [0.1, 0.15) is 0 Å². The number of anilines is 2. The molecule has 3 aromatic rings. The van der Waals surface area contributed by atoms with Crippen LogP contribution in [0.1, 0.15) is 42.9 Å². The summed E-state index contributed by atoms with van der Waals surface area (Å²) in [5.41, 5.74) is 7.02. The fourth-order valence-corrected chi connectivity index (χ4v) is 5.03. The van der Waals surface area contributed by atoms with E-state index >= 15 is 0 Å². The van der Waals surface area contributed by atoms with E-state index in [1.54, 1.807) is 0 Å². The van der Waals surface area contributed by atoms with Gasteiger partial charge in [-0.05, 0) is 53.8 Å².